The van der Waals surface area contributed by atoms with E-state index >= 15 is 0 Å². The zero-order valence-corrected chi connectivity index (χ0v) is 11.1. The standard InChI is InChI=1S/C17H20O/c1-3-13-10-11-17(18)16(12-13)15(4-2)14-8-6-5-7-9-14/h5-12,15,18H,3-4H2,1-2H3. The van der Waals surface area contributed by atoms with E-state index in [9.17, 15) is 5.11 Å². The fourth-order valence-corrected chi connectivity index (χ4v) is 2.42. The molecule has 0 spiro atoms. The zero-order valence-electron chi connectivity index (χ0n) is 11.1. The van der Waals surface area contributed by atoms with Gasteiger partial charge < -0.3 is 5.11 Å². The zero-order chi connectivity index (χ0) is 13.0. The van der Waals surface area contributed by atoms with Crippen molar-refractivity contribution >= 4 is 0 Å². The Labute approximate surface area is 109 Å². The first-order valence-electron chi connectivity index (χ1n) is 6.63. The summed E-state index contributed by atoms with van der Waals surface area (Å²) in [6, 6.07) is 16.3. The van der Waals surface area contributed by atoms with Gasteiger partial charge in [-0.15, -0.1) is 0 Å². The topological polar surface area (TPSA) is 20.2 Å². The van der Waals surface area contributed by atoms with Gasteiger partial charge in [-0.3, -0.25) is 0 Å². The molecule has 0 fully saturated rings. The molecule has 0 aliphatic rings. The predicted octanol–water partition coefficient (Wildman–Crippen LogP) is 4.50. The number of phenolic OH excluding ortho intramolecular Hbond substituents is 1. The highest BCUT2D eigenvalue weighted by molar-refractivity contribution is 5.43. The van der Waals surface area contributed by atoms with Crippen molar-refractivity contribution in [1.29, 1.82) is 0 Å². The van der Waals surface area contributed by atoms with E-state index in [4.69, 9.17) is 0 Å². The third kappa shape index (κ3) is 2.56. The lowest BCUT2D eigenvalue weighted by Crippen LogP contribution is -2.01. The highest BCUT2D eigenvalue weighted by Crippen LogP contribution is 2.34. The highest BCUT2D eigenvalue weighted by atomic mass is 16.3. The van der Waals surface area contributed by atoms with E-state index in [0.29, 0.717) is 5.75 Å². The second-order valence-electron chi connectivity index (χ2n) is 4.62. The summed E-state index contributed by atoms with van der Waals surface area (Å²) in [6.45, 7) is 4.30. The van der Waals surface area contributed by atoms with Crippen LogP contribution in [0.15, 0.2) is 48.5 Å². The van der Waals surface area contributed by atoms with Crippen LogP contribution in [0.5, 0.6) is 5.75 Å². The van der Waals surface area contributed by atoms with Gasteiger partial charge in [0.2, 0.25) is 0 Å². The van der Waals surface area contributed by atoms with Gasteiger partial charge in [-0.2, -0.15) is 0 Å². The first-order valence-corrected chi connectivity index (χ1v) is 6.63. The molecule has 0 saturated heterocycles. The van der Waals surface area contributed by atoms with E-state index in [0.717, 1.165) is 18.4 Å². The molecule has 1 N–H and O–H groups in total. The van der Waals surface area contributed by atoms with Crippen molar-refractivity contribution in [2.75, 3.05) is 0 Å². The van der Waals surface area contributed by atoms with Gasteiger partial charge in [-0.1, -0.05) is 56.3 Å². The summed E-state index contributed by atoms with van der Waals surface area (Å²) >= 11 is 0. The third-order valence-corrected chi connectivity index (χ3v) is 3.49. The molecule has 1 atom stereocenters. The molecule has 0 aliphatic carbocycles. The summed E-state index contributed by atoms with van der Waals surface area (Å²) in [6.07, 6.45) is 1.99. The lowest BCUT2D eigenvalue weighted by Gasteiger charge is -2.18. The second kappa shape index (κ2) is 5.72. The average molecular weight is 240 g/mol. The van der Waals surface area contributed by atoms with E-state index in [-0.39, 0.29) is 5.92 Å². The molecule has 0 radical (unpaired) electrons. The van der Waals surface area contributed by atoms with Crippen molar-refractivity contribution in [2.45, 2.75) is 32.6 Å². The Bertz CT molecular complexity index is 502. The summed E-state index contributed by atoms with van der Waals surface area (Å²) in [5, 5.41) is 10.1. The van der Waals surface area contributed by atoms with Crippen molar-refractivity contribution in [3.8, 4) is 5.75 Å². The lowest BCUT2D eigenvalue weighted by atomic mass is 9.87. The average Bonchev–Trinajstić information content (AvgIpc) is 2.43. The maximum absolute atomic E-state index is 10.1. The van der Waals surface area contributed by atoms with Crippen LogP contribution in [0.4, 0.5) is 0 Å². The Kier molecular flexibility index (Phi) is 4.03. The number of hydrogen-bond acceptors (Lipinski definition) is 1. The fraction of sp³-hybridized carbons (Fsp3) is 0.294. The van der Waals surface area contributed by atoms with Crippen LogP contribution in [0, 0.1) is 0 Å². The SMILES string of the molecule is CCc1ccc(O)c(C(CC)c2ccccc2)c1. The second-order valence-corrected chi connectivity index (χ2v) is 4.62. The molecule has 94 valence electrons. The quantitative estimate of drug-likeness (QED) is 0.834. The predicted molar refractivity (Wildman–Crippen MR) is 76.1 cm³/mol. The summed E-state index contributed by atoms with van der Waals surface area (Å²) < 4.78 is 0. The van der Waals surface area contributed by atoms with Crippen LogP contribution < -0.4 is 0 Å². The van der Waals surface area contributed by atoms with Crippen molar-refractivity contribution in [1.82, 2.24) is 0 Å². The number of benzene rings is 2. The minimum atomic E-state index is 0.276. The molecule has 0 heterocycles. The van der Waals surface area contributed by atoms with Crippen LogP contribution in [-0.4, -0.2) is 5.11 Å². The molecule has 2 rings (SSSR count). The van der Waals surface area contributed by atoms with Gasteiger partial charge in [0.25, 0.3) is 0 Å². The number of phenols is 1. The molecular weight excluding hydrogens is 220 g/mol. The molecule has 1 unspecified atom stereocenters. The number of aryl methyl sites for hydroxylation is 1. The van der Waals surface area contributed by atoms with Gasteiger partial charge >= 0.3 is 0 Å². The number of aromatic hydroxyl groups is 1. The Balaban J connectivity index is 2.44. The summed E-state index contributed by atoms with van der Waals surface area (Å²) in [5.74, 6) is 0.681. The minimum absolute atomic E-state index is 0.276. The van der Waals surface area contributed by atoms with Gasteiger partial charge in [0.15, 0.2) is 0 Å². The van der Waals surface area contributed by atoms with Gasteiger partial charge in [0, 0.05) is 11.5 Å². The summed E-state index contributed by atoms with van der Waals surface area (Å²) in [4.78, 5) is 0. The Morgan fingerprint density at radius 3 is 2.33 bits per heavy atom. The van der Waals surface area contributed by atoms with Crippen molar-refractivity contribution in [3.05, 3.63) is 65.2 Å². The van der Waals surface area contributed by atoms with Crippen LogP contribution in [0.25, 0.3) is 0 Å². The molecule has 1 heteroatoms. The highest BCUT2D eigenvalue weighted by Gasteiger charge is 2.15. The molecule has 2 aromatic carbocycles. The minimum Gasteiger partial charge on any atom is -0.508 e. The van der Waals surface area contributed by atoms with E-state index in [2.05, 4.69) is 44.2 Å². The monoisotopic (exact) mass is 240 g/mol. The molecule has 0 aliphatic heterocycles. The molecular formula is C17H20O. The van der Waals surface area contributed by atoms with Crippen LogP contribution in [0.3, 0.4) is 0 Å². The first-order chi connectivity index (χ1) is 8.76. The van der Waals surface area contributed by atoms with Crippen LogP contribution in [-0.2, 0) is 6.42 Å². The van der Waals surface area contributed by atoms with Crippen LogP contribution in [0.2, 0.25) is 0 Å². The molecule has 1 nitrogen and oxygen atoms in total. The van der Waals surface area contributed by atoms with E-state index in [1.54, 1.807) is 0 Å². The van der Waals surface area contributed by atoms with Crippen molar-refractivity contribution in [3.63, 3.8) is 0 Å². The molecule has 2 aromatic rings. The molecule has 18 heavy (non-hydrogen) atoms. The lowest BCUT2D eigenvalue weighted by molar-refractivity contribution is 0.463. The van der Waals surface area contributed by atoms with E-state index in [1.165, 1.54) is 11.1 Å². The Morgan fingerprint density at radius 2 is 1.72 bits per heavy atom. The molecule has 0 aromatic heterocycles. The molecule has 0 bridgehead atoms. The Morgan fingerprint density at radius 1 is 1.00 bits per heavy atom. The largest absolute Gasteiger partial charge is 0.508 e. The van der Waals surface area contributed by atoms with Crippen LogP contribution in [0.1, 0.15) is 42.9 Å². The molecule has 0 saturated carbocycles. The Hall–Kier alpha value is -1.76. The fourth-order valence-electron chi connectivity index (χ4n) is 2.42. The summed E-state index contributed by atoms with van der Waals surface area (Å²) in [7, 11) is 0. The van der Waals surface area contributed by atoms with Gasteiger partial charge in [0.1, 0.15) is 5.75 Å². The first kappa shape index (κ1) is 12.7. The third-order valence-electron chi connectivity index (χ3n) is 3.49. The van der Waals surface area contributed by atoms with Crippen molar-refractivity contribution in [2.24, 2.45) is 0 Å². The summed E-state index contributed by atoms with van der Waals surface area (Å²) in [5.41, 5.74) is 3.59. The van der Waals surface area contributed by atoms with Crippen LogP contribution >= 0.6 is 0 Å². The normalized spacial score (nSPS) is 12.3. The van der Waals surface area contributed by atoms with E-state index < -0.39 is 0 Å². The smallest absolute Gasteiger partial charge is 0.119 e. The van der Waals surface area contributed by atoms with Gasteiger partial charge in [0.05, 0.1) is 0 Å². The number of hydrogen-bond donors (Lipinski definition) is 1. The number of rotatable bonds is 4. The molecule has 0 amide bonds. The van der Waals surface area contributed by atoms with Gasteiger partial charge in [-0.25, -0.2) is 0 Å². The van der Waals surface area contributed by atoms with E-state index in [1.807, 2.05) is 18.2 Å². The van der Waals surface area contributed by atoms with Crippen molar-refractivity contribution < 1.29 is 5.11 Å². The van der Waals surface area contributed by atoms with Gasteiger partial charge in [-0.05, 0) is 30.0 Å². The maximum Gasteiger partial charge on any atom is 0.119 e. The maximum atomic E-state index is 10.1.